The van der Waals surface area contributed by atoms with E-state index >= 15 is 0 Å². The predicted octanol–water partition coefficient (Wildman–Crippen LogP) is 3.31. The first-order valence-electron chi connectivity index (χ1n) is 8.13. The van der Waals surface area contributed by atoms with Gasteiger partial charge in [0.15, 0.2) is 0 Å². The van der Waals surface area contributed by atoms with Crippen LogP contribution in [0.4, 0.5) is 5.82 Å². The Hall–Kier alpha value is -2.93. The minimum absolute atomic E-state index is 0.149. The second-order valence-corrected chi connectivity index (χ2v) is 6.01. The summed E-state index contributed by atoms with van der Waals surface area (Å²) in [5.74, 6) is -0.188. The van der Waals surface area contributed by atoms with Crippen LogP contribution in [-0.4, -0.2) is 27.2 Å². The fourth-order valence-corrected chi connectivity index (χ4v) is 3.06. The summed E-state index contributed by atoms with van der Waals surface area (Å²) in [6, 6.07) is 14.6. The number of aromatic nitrogens is 2. The third kappa shape index (κ3) is 3.18. The number of fused-ring (bicyclic) bond motifs is 2. The van der Waals surface area contributed by atoms with Crippen LogP contribution in [0.1, 0.15) is 12.0 Å². The lowest BCUT2D eigenvalue weighted by atomic mass is 10.1. The maximum Gasteiger partial charge on any atom is 0.414 e. The van der Waals surface area contributed by atoms with Gasteiger partial charge in [0.1, 0.15) is 12.3 Å². The van der Waals surface area contributed by atoms with Gasteiger partial charge in [-0.25, -0.2) is 0 Å². The molecule has 0 saturated heterocycles. The molecule has 0 aliphatic carbocycles. The van der Waals surface area contributed by atoms with Crippen molar-refractivity contribution in [2.75, 3.05) is 6.61 Å². The largest absolute Gasteiger partial charge is 0.440 e. The number of ether oxygens (including phenoxy) is 2. The van der Waals surface area contributed by atoms with Gasteiger partial charge in [-0.05, 0) is 21.3 Å². The maximum absolute atomic E-state index is 10.8. The van der Waals surface area contributed by atoms with Crippen LogP contribution in [0.5, 0.6) is 6.01 Å². The fourth-order valence-electron chi connectivity index (χ4n) is 3.06. The zero-order valence-corrected chi connectivity index (χ0v) is 13.5. The van der Waals surface area contributed by atoms with Crippen molar-refractivity contribution < 1.29 is 14.4 Å². The number of benzene rings is 2. The average molecular weight is 339 g/mol. The molecule has 25 heavy (non-hydrogen) atoms. The van der Waals surface area contributed by atoms with E-state index in [2.05, 4.69) is 29.2 Å². The van der Waals surface area contributed by atoms with Gasteiger partial charge in [0, 0.05) is 17.9 Å². The van der Waals surface area contributed by atoms with Gasteiger partial charge >= 0.3 is 11.8 Å². The van der Waals surface area contributed by atoms with Crippen LogP contribution in [0.3, 0.4) is 0 Å². The summed E-state index contributed by atoms with van der Waals surface area (Å²) in [5.41, 5.74) is 1.13. The maximum atomic E-state index is 10.8. The molecule has 0 bridgehead atoms. The van der Waals surface area contributed by atoms with Gasteiger partial charge in [0.2, 0.25) is 0 Å². The number of nitro groups is 1. The summed E-state index contributed by atoms with van der Waals surface area (Å²) < 4.78 is 13.2. The molecule has 0 unspecified atom stereocenters. The number of imidazole rings is 1. The summed E-state index contributed by atoms with van der Waals surface area (Å²) in [6.07, 6.45) is 1.99. The van der Waals surface area contributed by atoms with E-state index in [9.17, 15) is 10.1 Å². The topological polar surface area (TPSA) is 79.4 Å². The van der Waals surface area contributed by atoms with E-state index in [1.165, 1.54) is 17.0 Å². The molecule has 0 N–H and O–H groups in total. The molecule has 0 spiro atoms. The molecule has 4 rings (SSSR count). The molecule has 0 amide bonds. The van der Waals surface area contributed by atoms with E-state index in [1.54, 1.807) is 4.57 Å². The lowest BCUT2D eigenvalue weighted by molar-refractivity contribution is -0.389. The number of nitrogens with zero attached hydrogens (tertiary/aromatic N) is 3. The van der Waals surface area contributed by atoms with Crippen LogP contribution >= 0.6 is 0 Å². The van der Waals surface area contributed by atoms with Gasteiger partial charge in [-0.1, -0.05) is 42.5 Å². The molecule has 0 radical (unpaired) electrons. The van der Waals surface area contributed by atoms with Crippen molar-refractivity contribution >= 4 is 16.6 Å². The quantitative estimate of drug-likeness (QED) is 0.526. The number of aryl methyl sites for hydroxylation is 1. The SMILES string of the molecule is O=[N+]([O-])c1cn2c(n1)O[C@@H](COCc1cccc3ccccc13)CC2. The molecule has 2 heterocycles. The van der Waals surface area contributed by atoms with Gasteiger partial charge in [0.05, 0.1) is 13.2 Å². The van der Waals surface area contributed by atoms with E-state index in [-0.39, 0.29) is 17.9 Å². The Bertz CT molecular complexity index is 916. The van der Waals surface area contributed by atoms with Crippen molar-refractivity contribution in [2.45, 2.75) is 25.7 Å². The van der Waals surface area contributed by atoms with Crippen molar-refractivity contribution in [1.29, 1.82) is 0 Å². The van der Waals surface area contributed by atoms with Crippen molar-refractivity contribution in [3.63, 3.8) is 0 Å². The third-order valence-electron chi connectivity index (χ3n) is 4.32. The molecule has 1 aliphatic rings. The lowest BCUT2D eigenvalue weighted by Gasteiger charge is -2.22. The van der Waals surface area contributed by atoms with E-state index in [4.69, 9.17) is 9.47 Å². The molecule has 7 nitrogen and oxygen atoms in total. The summed E-state index contributed by atoms with van der Waals surface area (Å²) in [6.45, 7) is 1.55. The first kappa shape index (κ1) is 15.6. The van der Waals surface area contributed by atoms with Crippen LogP contribution in [0.2, 0.25) is 0 Å². The minimum Gasteiger partial charge on any atom is -0.440 e. The minimum atomic E-state index is -0.513. The monoisotopic (exact) mass is 339 g/mol. The molecule has 7 heteroatoms. The van der Waals surface area contributed by atoms with Crippen molar-refractivity contribution in [1.82, 2.24) is 9.55 Å². The smallest absolute Gasteiger partial charge is 0.414 e. The van der Waals surface area contributed by atoms with Gasteiger partial charge in [-0.3, -0.25) is 4.57 Å². The Kier molecular flexibility index (Phi) is 4.07. The molecular weight excluding hydrogens is 322 g/mol. The molecule has 0 fully saturated rings. The summed E-state index contributed by atoms with van der Waals surface area (Å²) >= 11 is 0. The molecule has 1 aliphatic heterocycles. The zero-order valence-electron chi connectivity index (χ0n) is 13.5. The highest BCUT2D eigenvalue weighted by atomic mass is 16.6. The average Bonchev–Trinajstić information content (AvgIpc) is 3.06. The van der Waals surface area contributed by atoms with E-state index in [0.29, 0.717) is 19.8 Å². The number of hydrogen-bond donors (Lipinski definition) is 0. The van der Waals surface area contributed by atoms with Crippen LogP contribution < -0.4 is 4.74 Å². The first-order valence-corrected chi connectivity index (χ1v) is 8.13. The highest BCUT2D eigenvalue weighted by Crippen LogP contribution is 2.25. The van der Waals surface area contributed by atoms with E-state index in [0.717, 1.165) is 12.0 Å². The lowest BCUT2D eigenvalue weighted by Crippen LogP contribution is -2.30. The normalized spacial score (nSPS) is 16.4. The van der Waals surface area contributed by atoms with E-state index in [1.807, 2.05) is 18.2 Å². The zero-order chi connectivity index (χ0) is 17.2. The van der Waals surface area contributed by atoms with Gasteiger partial charge in [0.25, 0.3) is 0 Å². The third-order valence-corrected chi connectivity index (χ3v) is 4.32. The summed E-state index contributed by atoms with van der Waals surface area (Å²) in [7, 11) is 0. The Morgan fingerprint density at radius 3 is 3.00 bits per heavy atom. The standard InChI is InChI=1S/C18H17N3O4/c22-21(23)17-10-20-9-8-15(25-18(20)19-17)12-24-11-14-6-3-5-13-4-1-2-7-16(13)14/h1-7,10,15H,8-9,11-12H2/t15-/m1/s1. The van der Waals surface area contributed by atoms with Crippen molar-refractivity contribution in [2.24, 2.45) is 0 Å². The Morgan fingerprint density at radius 1 is 1.28 bits per heavy atom. The molecule has 3 aromatic rings. The molecule has 1 atom stereocenters. The Morgan fingerprint density at radius 2 is 2.12 bits per heavy atom. The number of hydrogen-bond acceptors (Lipinski definition) is 5. The highest BCUT2D eigenvalue weighted by Gasteiger charge is 2.28. The van der Waals surface area contributed by atoms with Crippen molar-refractivity contribution in [3.8, 4) is 6.01 Å². The molecule has 128 valence electrons. The Balaban J connectivity index is 1.38. The van der Waals surface area contributed by atoms with Gasteiger partial charge in [-0.15, -0.1) is 0 Å². The number of rotatable bonds is 5. The van der Waals surface area contributed by atoms with E-state index < -0.39 is 4.92 Å². The summed E-state index contributed by atoms with van der Waals surface area (Å²) in [5, 5.41) is 13.2. The second-order valence-electron chi connectivity index (χ2n) is 6.01. The van der Waals surface area contributed by atoms with Crippen LogP contribution in [0.15, 0.2) is 48.7 Å². The second kappa shape index (κ2) is 6.52. The molecular formula is C18H17N3O4. The summed E-state index contributed by atoms with van der Waals surface area (Å²) in [4.78, 5) is 14.2. The van der Waals surface area contributed by atoms with Crippen molar-refractivity contribution in [3.05, 3.63) is 64.3 Å². The van der Waals surface area contributed by atoms with Gasteiger partial charge in [-0.2, -0.15) is 0 Å². The predicted molar refractivity (Wildman–Crippen MR) is 91.5 cm³/mol. The fraction of sp³-hybridized carbons (Fsp3) is 0.278. The molecule has 0 saturated carbocycles. The highest BCUT2D eigenvalue weighted by molar-refractivity contribution is 5.85. The first-order chi connectivity index (χ1) is 12.2. The molecule has 2 aromatic carbocycles. The van der Waals surface area contributed by atoms with Crippen LogP contribution in [0, 0.1) is 10.1 Å². The molecule has 1 aromatic heterocycles. The Labute approximate surface area is 144 Å². The van der Waals surface area contributed by atoms with Crippen LogP contribution in [0.25, 0.3) is 10.8 Å². The van der Waals surface area contributed by atoms with Gasteiger partial charge < -0.3 is 19.6 Å². The van der Waals surface area contributed by atoms with Crippen LogP contribution in [-0.2, 0) is 17.9 Å².